The minimum atomic E-state index is 0.553. The van der Waals surface area contributed by atoms with Crippen molar-refractivity contribution in [2.24, 2.45) is 0 Å². The average Bonchev–Trinajstić information content (AvgIpc) is 2.51. The summed E-state index contributed by atoms with van der Waals surface area (Å²) >= 11 is 0. The Morgan fingerprint density at radius 2 is 2.42 bits per heavy atom. The molecule has 0 spiro atoms. The third-order valence-corrected chi connectivity index (χ3v) is 1.28. The van der Waals surface area contributed by atoms with Crippen LogP contribution in [0.25, 0.3) is 5.70 Å². The minimum absolute atomic E-state index is 0.553. The Hall–Kier alpha value is -1.76. The molecule has 12 heavy (non-hydrogen) atoms. The molecule has 1 rings (SSSR count). The number of aromatic nitrogens is 2. The Labute approximate surface area is 71.4 Å². The van der Waals surface area contributed by atoms with Crippen LogP contribution in [-0.4, -0.2) is 28.5 Å². The fourth-order valence-electron chi connectivity index (χ4n) is 0.799. The van der Waals surface area contributed by atoms with Gasteiger partial charge in [0.2, 0.25) is 0 Å². The zero-order chi connectivity index (χ0) is 8.97. The molecule has 0 aliphatic heterocycles. The van der Waals surface area contributed by atoms with Gasteiger partial charge in [0.25, 0.3) is 0 Å². The molecule has 0 saturated carbocycles. The minimum Gasteiger partial charge on any atom is -0.381 e. The number of nitriles is 1. The molecule has 4 nitrogen and oxygen atoms in total. The summed E-state index contributed by atoms with van der Waals surface area (Å²) in [5.41, 5.74) is 0.553. The van der Waals surface area contributed by atoms with Crippen molar-refractivity contribution in [3.05, 3.63) is 24.9 Å². The highest BCUT2D eigenvalue weighted by molar-refractivity contribution is 5.59. The first-order chi connectivity index (χ1) is 5.74. The second-order valence-corrected chi connectivity index (χ2v) is 2.56. The largest absolute Gasteiger partial charge is 0.381 e. The molecule has 0 atom stereocenters. The second kappa shape index (κ2) is 3.58. The topological polar surface area (TPSA) is 44.9 Å². The van der Waals surface area contributed by atoms with Gasteiger partial charge >= 0.3 is 0 Å². The zero-order valence-electron chi connectivity index (χ0n) is 7.10. The van der Waals surface area contributed by atoms with Gasteiger partial charge in [-0.3, -0.25) is 4.57 Å². The zero-order valence-corrected chi connectivity index (χ0v) is 7.10. The molecular weight excluding hydrogens is 152 g/mol. The van der Waals surface area contributed by atoms with E-state index in [1.807, 2.05) is 19.0 Å². The Balaban J connectivity index is 2.93. The molecule has 0 aliphatic rings. The lowest BCUT2D eigenvalue weighted by atomic mass is 10.5. The van der Waals surface area contributed by atoms with Gasteiger partial charge in [-0.25, -0.2) is 4.98 Å². The molecule has 0 aliphatic carbocycles. The highest BCUT2D eigenvalue weighted by Crippen LogP contribution is 2.01. The van der Waals surface area contributed by atoms with Gasteiger partial charge in [0.1, 0.15) is 11.8 Å². The third-order valence-electron chi connectivity index (χ3n) is 1.28. The molecule has 0 unspecified atom stereocenters. The number of hydrogen-bond donors (Lipinski definition) is 0. The van der Waals surface area contributed by atoms with Crippen LogP contribution in [0.3, 0.4) is 0 Å². The SMILES string of the molecule is CN(C)/C=C(/C#N)n1ccnc1. The van der Waals surface area contributed by atoms with E-state index in [0.29, 0.717) is 5.70 Å². The molecule has 0 N–H and O–H groups in total. The Bertz CT molecular complexity index is 302. The summed E-state index contributed by atoms with van der Waals surface area (Å²) in [6, 6.07) is 2.08. The molecule has 0 radical (unpaired) electrons. The van der Waals surface area contributed by atoms with Gasteiger partial charge in [-0.1, -0.05) is 0 Å². The highest BCUT2D eigenvalue weighted by Gasteiger charge is 1.96. The van der Waals surface area contributed by atoms with Gasteiger partial charge < -0.3 is 4.90 Å². The van der Waals surface area contributed by atoms with Crippen molar-refractivity contribution in [1.82, 2.24) is 14.5 Å². The molecule has 1 aromatic heterocycles. The molecule has 0 aromatic carbocycles. The number of allylic oxidation sites excluding steroid dienone is 1. The number of imidazole rings is 1. The van der Waals surface area contributed by atoms with E-state index in [1.54, 1.807) is 29.5 Å². The maximum absolute atomic E-state index is 8.75. The van der Waals surface area contributed by atoms with Crippen molar-refractivity contribution >= 4 is 5.70 Å². The maximum Gasteiger partial charge on any atom is 0.141 e. The monoisotopic (exact) mass is 162 g/mol. The summed E-state index contributed by atoms with van der Waals surface area (Å²) in [5.74, 6) is 0. The summed E-state index contributed by atoms with van der Waals surface area (Å²) in [6.45, 7) is 0. The van der Waals surface area contributed by atoms with Crippen LogP contribution in [0.5, 0.6) is 0 Å². The maximum atomic E-state index is 8.75. The number of rotatable bonds is 2. The quantitative estimate of drug-likeness (QED) is 0.603. The fraction of sp³-hybridized carbons (Fsp3) is 0.250. The first-order valence-electron chi connectivity index (χ1n) is 3.50. The summed E-state index contributed by atoms with van der Waals surface area (Å²) in [4.78, 5) is 5.67. The van der Waals surface area contributed by atoms with E-state index in [9.17, 15) is 0 Å². The van der Waals surface area contributed by atoms with E-state index in [1.165, 1.54) is 0 Å². The first-order valence-corrected chi connectivity index (χ1v) is 3.50. The number of hydrogen-bond acceptors (Lipinski definition) is 3. The van der Waals surface area contributed by atoms with Crippen molar-refractivity contribution in [3.63, 3.8) is 0 Å². The molecule has 62 valence electrons. The van der Waals surface area contributed by atoms with E-state index >= 15 is 0 Å². The van der Waals surface area contributed by atoms with Gasteiger partial charge in [0.05, 0.1) is 6.33 Å². The summed E-state index contributed by atoms with van der Waals surface area (Å²) < 4.78 is 1.67. The molecule has 0 fully saturated rings. The van der Waals surface area contributed by atoms with Gasteiger partial charge in [0, 0.05) is 32.7 Å². The lowest BCUT2D eigenvalue weighted by Crippen LogP contribution is -2.04. The van der Waals surface area contributed by atoms with Gasteiger partial charge in [0.15, 0.2) is 0 Å². The van der Waals surface area contributed by atoms with Crippen molar-refractivity contribution in [1.29, 1.82) is 5.26 Å². The summed E-state index contributed by atoms with van der Waals surface area (Å²) in [5, 5.41) is 8.75. The predicted octanol–water partition coefficient (Wildman–Crippen LogP) is 0.767. The molecule has 0 amide bonds. The van der Waals surface area contributed by atoms with Crippen molar-refractivity contribution < 1.29 is 0 Å². The van der Waals surface area contributed by atoms with E-state index in [0.717, 1.165) is 0 Å². The standard InChI is InChI=1S/C8H10N4/c1-11(2)6-8(5-9)12-4-3-10-7-12/h3-4,6-7H,1-2H3/b8-6-. The normalized spacial score (nSPS) is 10.9. The predicted molar refractivity (Wildman–Crippen MR) is 45.8 cm³/mol. The van der Waals surface area contributed by atoms with Crippen LogP contribution in [-0.2, 0) is 0 Å². The lowest BCUT2D eigenvalue weighted by molar-refractivity contribution is 0.563. The Morgan fingerprint density at radius 3 is 2.83 bits per heavy atom. The molecule has 1 heterocycles. The van der Waals surface area contributed by atoms with Crippen LogP contribution in [0.4, 0.5) is 0 Å². The molecular formula is C8H10N4. The Kier molecular flexibility index (Phi) is 2.49. The smallest absolute Gasteiger partial charge is 0.141 e. The fourth-order valence-corrected chi connectivity index (χ4v) is 0.799. The van der Waals surface area contributed by atoms with Crippen LogP contribution in [0.1, 0.15) is 0 Å². The average molecular weight is 162 g/mol. The first kappa shape index (κ1) is 8.34. The second-order valence-electron chi connectivity index (χ2n) is 2.56. The van der Waals surface area contributed by atoms with E-state index in [4.69, 9.17) is 5.26 Å². The van der Waals surface area contributed by atoms with E-state index in [2.05, 4.69) is 11.1 Å². The molecule has 0 bridgehead atoms. The molecule has 1 aromatic rings. The van der Waals surface area contributed by atoms with Crippen LogP contribution in [0, 0.1) is 11.3 Å². The van der Waals surface area contributed by atoms with E-state index in [-0.39, 0.29) is 0 Å². The van der Waals surface area contributed by atoms with Gasteiger partial charge in [-0.2, -0.15) is 5.26 Å². The third kappa shape index (κ3) is 1.86. The van der Waals surface area contributed by atoms with Crippen LogP contribution in [0.15, 0.2) is 24.9 Å². The van der Waals surface area contributed by atoms with Gasteiger partial charge in [-0.05, 0) is 0 Å². The lowest BCUT2D eigenvalue weighted by Gasteiger charge is -2.05. The number of nitrogens with zero attached hydrogens (tertiary/aromatic N) is 4. The van der Waals surface area contributed by atoms with Crippen molar-refractivity contribution in [2.75, 3.05) is 14.1 Å². The molecule has 4 heteroatoms. The highest BCUT2D eigenvalue weighted by atomic mass is 15.1. The van der Waals surface area contributed by atoms with E-state index < -0.39 is 0 Å². The summed E-state index contributed by atoms with van der Waals surface area (Å²) in [6.07, 6.45) is 6.71. The van der Waals surface area contributed by atoms with Gasteiger partial charge in [-0.15, -0.1) is 0 Å². The van der Waals surface area contributed by atoms with Crippen LogP contribution < -0.4 is 0 Å². The van der Waals surface area contributed by atoms with Crippen LogP contribution in [0.2, 0.25) is 0 Å². The van der Waals surface area contributed by atoms with Crippen molar-refractivity contribution in [2.45, 2.75) is 0 Å². The Morgan fingerprint density at radius 1 is 1.67 bits per heavy atom. The van der Waals surface area contributed by atoms with Crippen LogP contribution >= 0.6 is 0 Å². The van der Waals surface area contributed by atoms with Crippen molar-refractivity contribution in [3.8, 4) is 6.07 Å². The summed E-state index contributed by atoms with van der Waals surface area (Å²) in [7, 11) is 3.74. The molecule has 0 saturated heterocycles.